The average molecular weight is 401 g/mol. The van der Waals surface area contributed by atoms with E-state index in [1.54, 1.807) is 0 Å². The smallest absolute Gasteiger partial charge is 0.231 e. The van der Waals surface area contributed by atoms with Crippen molar-refractivity contribution in [2.45, 2.75) is 36.0 Å². The van der Waals surface area contributed by atoms with Crippen LogP contribution in [0.3, 0.4) is 0 Å². The predicted octanol–water partition coefficient (Wildman–Crippen LogP) is 5.84. The zero-order chi connectivity index (χ0) is 19.5. The highest BCUT2D eigenvalue weighted by Crippen LogP contribution is 2.53. The molecule has 0 radical (unpaired) electrons. The van der Waals surface area contributed by atoms with Crippen LogP contribution in [0, 0.1) is 5.92 Å². The van der Waals surface area contributed by atoms with E-state index < -0.39 is 0 Å². The molecule has 1 unspecified atom stereocenters. The molecule has 4 heteroatoms. The number of benzene rings is 2. The second-order valence-electron chi connectivity index (χ2n) is 8.41. The van der Waals surface area contributed by atoms with E-state index in [-0.39, 0.29) is 5.91 Å². The first-order chi connectivity index (χ1) is 14.2. The number of carbonyl (C=O) groups is 1. The fourth-order valence-corrected chi connectivity index (χ4v) is 6.92. The number of piperidine rings is 1. The number of para-hydroxylation sites is 1. The first-order valence-corrected chi connectivity index (χ1v) is 11.4. The molecule has 0 spiro atoms. The van der Waals surface area contributed by atoms with Gasteiger partial charge in [-0.15, -0.1) is 11.8 Å². The summed E-state index contributed by atoms with van der Waals surface area (Å²) in [6, 6.07) is 19.6. The molecule has 3 aliphatic rings. The summed E-state index contributed by atoms with van der Waals surface area (Å²) in [6.07, 6.45) is 3.95. The normalized spacial score (nSPS) is 27.4. The van der Waals surface area contributed by atoms with Gasteiger partial charge in [0.2, 0.25) is 5.91 Å². The Kier molecular flexibility index (Phi) is 4.00. The van der Waals surface area contributed by atoms with Crippen LogP contribution in [0.5, 0.6) is 0 Å². The highest BCUT2D eigenvalue weighted by atomic mass is 32.2. The summed E-state index contributed by atoms with van der Waals surface area (Å²) in [4.78, 5) is 17.4. The van der Waals surface area contributed by atoms with E-state index in [1.807, 2.05) is 11.8 Å². The van der Waals surface area contributed by atoms with Crippen molar-refractivity contribution in [1.82, 2.24) is 9.47 Å². The monoisotopic (exact) mass is 400 g/mol. The van der Waals surface area contributed by atoms with Crippen molar-refractivity contribution in [3.05, 3.63) is 77.5 Å². The Bertz CT molecular complexity index is 1150. The largest absolute Gasteiger partial charge is 0.289 e. The number of carbonyl (C=O) groups excluding carboxylic acids is 1. The number of allylic oxidation sites excluding steroid dienone is 1. The van der Waals surface area contributed by atoms with Crippen molar-refractivity contribution in [2.75, 3.05) is 13.1 Å². The summed E-state index contributed by atoms with van der Waals surface area (Å²) >= 11 is 1.94. The maximum Gasteiger partial charge on any atom is 0.231 e. The zero-order valence-electron chi connectivity index (χ0n) is 16.5. The van der Waals surface area contributed by atoms with Gasteiger partial charge in [0, 0.05) is 40.7 Å². The highest BCUT2D eigenvalue weighted by Gasteiger charge is 2.46. The van der Waals surface area contributed by atoms with Crippen molar-refractivity contribution >= 4 is 28.6 Å². The van der Waals surface area contributed by atoms with Crippen molar-refractivity contribution in [1.29, 1.82) is 0 Å². The average Bonchev–Trinajstić information content (AvgIpc) is 3.03. The molecule has 1 saturated heterocycles. The Balaban J connectivity index is 1.59. The highest BCUT2D eigenvalue weighted by molar-refractivity contribution is 7.99. The number of rotatable bonds is 2. The quantitative estimate of drug-likeness (QED) is 0.505. The molecule has 0 aliphatic carbocycles. The molecule has 3 aromatic rings. The molecule has 6 rings (SSSR count). The Morgan fingerprint density at radius 3 is 2.69 bits per heavy atom. The fraction of sp³-hybridized carbons (Fsp3) is 0.320. The van der Waals surface area contributed by atoms with Crippen molar-refractivity contribution in [2.24, 2.45) is 5.92 Å². The second-order valence-corrected chi connectivity index (χ2v) is 9.69. The molecular weight excluding hydrogens is 376 g/mol. The minimum Gasteiger partial charge on any atom is -0.289 e. The molecule has 1 fully saturated rings. The van der Waals surface area contributed by atoms with Gasteiger partial charge in [-0.1, -0.05) is 48.0 Å². The Morgan fingerprint density at radius 2 is 1.86 bits per heavy atom. The Labute approximate surface area is 175 Å². The predicted molar refractivity (Wildman–Crippen MR) is 118 cm³/mol. The number of aromatic nitrogens is 1. The molecule has 3 atom stereocenters. The molecule has 2 bridgehead atoms. The van der Waals surface area contributed by atoms with Gasteiger partial charge in [-0.3, -0.25) is 14.3 Å². The van der Waals surface area contributed by atoms with Crippen LogP contribution in [-0.4, -0.2) is 28.5 Å². The molecule has 3 aliphatic heterocycles. The van der Waals surface area contributed by atoms with Crippen LogP contribution >= 0.6 is 11.8 Å². The van der Waals surface area contributed by atoms with Crippen LogP contribution in [-0.2, 0) is 0 Å². The van der Waals surface area contributed by atoms with Gasteiger partial charge in [0.25, 0.3) is 0 Å². The third-order valence-corrected chi connectivity index (χ3v) is 8.12. The number of thioether (sulfide) groups is 1. The molecular formula is C25H24N2OS. The van der Waals surface area contributed by atoms with Gasteiger partial charge in [-0.05, 0) is 43.0 Å². The third kappa shape index (κ3) is 2.59. The van der Waals surface area contributed by atoms with Crippen LogP contribution in [0.2, 0.25) is 0 Å². The summed E-state index contributed by atoms with van der Waals surface area (Å²) in [5.74, 6) is 0.653. The molecule has 1 aromatic heterocycles. The van der Waals surface area contributed by atoms with Gasteiger partial charge < -0.3 is 0 Å². The van der Waals surface area contributed by atoms with Crippen LogP contribution < -0.4 is 0 Å². The SMILES string of the molecule is C/C=C1/CN2CC(Sc3ccccc3)c3c4n(c5ccccc35)C(=O)C[C@H]1C[C@@H]42. The molecule has 0 amide bonds. The Morgan fingerprint density at radius 1 is 1.07 bits per heavy atom. The number of nitrogens with zero attached hydrogens (tertiary/aromatic N) is 2. The Hall–Kier alpha value is -2.30. The summed E-state index contributed by atoms with van der Waals surface area (Å²) in [6.45, 7) is 4.15. The molecule has 146 valence electrons. The fourth-order valence-electron chi connectivity index (χ4n) is 5.65. The zero-order valence-corrected chi connectivity index (χ0v) is 17.4. The van der Waals surface area contributed by atoms with Crippen molar-refractivity contribution in [3.8, 4) is 0 Å². The lowest BCUT2D eigenvalue weighted by Gasteiger charge is -2.45. The summed E-state index contributed by atoms with van der Waals surface area (Å²) in [7, 11) is 0. The molecule has 3 nitrogen and oxygen atoms in total. The third-order valence-electron chi connectivity index (χ3n) is 6.91. The van der Waals surface area contributed by atoms with E-state index >= 15 is 0 Å². The first kappa shape index (κ1) is 17.5. The van der Waals surface area contributed by atoms with E-state index in [9.17, 15) is 4.79 Å². The maximum atomic E-state index is 13.4. The van der Waals surface area contributed by atoms with Gasteiger partial charge in [0.15, 0.2) is 0 Å². The minimum atomic E-state index is 0.265. The van der Waals surface area contributed by atoms with E-state index in [0.717, 1.165) is 25.0 Å². The minimum absolute atomic E-state index is 0.265. The van der Waals surface area contributed by atoms with Crippen molar-refractivity contribution in [3.63, 3.8) is 0 Å². The molecule has 2 aromatic carbocycles. The topological polar surface area (TPSA) is 25.2 Å². The van der Waals surface area contributed by atoms with E-state index in [4.69, 9.17) is 0 Å². The number of hydrogen-bond donors (Lipinski definition) is 0. The lowest BCUT2D eigenvalue weighted by molar-refractivity contribution is 0.0892. The van der Waals surface area contributed by atoms with Crippen molar-refractivity contribution < 1.29 is 4.79 Å². The molecule has 29 heavy (non-hydrogen) atoms. The van der Waals surface area contributed by atoms with Gasteiger partial charge in [0.1, 0.15) is 0 Å². The molecule has 4 heterocycles. The lowest BCUT2D eigenvalue weighted by Crippen LogP contribution is -2.43. The lowest BCUT2D eigenvalue weighted by atomic mass is 9.81. The summed E-state index contributed by atoms with van der Waals surface area (Å²) in [5, 5.41) is 1.59. The van der Waals surface area contributed by atoms with Gasteiger partial charge in [0.05, 0.1) is 11.6 Å². The van der Waals surface area contributed by atoms with E-state index in [1.165, 1.54) is 27.1 Å². The van der Waals surface area contributed by atoms with Gasteiger partial charge in [-0.25, -0.2) is 0 Å². The number of hydrogen-bond acceptors (Lipinski definition) is 3. The molecule has 0 saturated carbocycles. The summed E-state index contributed by atoms with van der Waals surface area (Å²) < 4.78 is 2.08. The van der Waals surface area contributed by atoms with E-state index in [0.29, 0.717) is 23.6 Å². The summed E-state index contributed by atoms with van der Waals surface area (Å²) in [5.41, 5.74) is 5.20. The maximum absolute atomic E-state index is 13.4. The van der Waals surface area contributed by atoms with Crippen LogP contribution in [0.1, 0.15) is 47.1 Å². The first-order valence-electron chi connectivity index (χ1n) is 10.5. The van der Waals surface area contributed by atoms with Crippen LogP contribution in [0.15, 0.2) is 71.1 Å². The standard InChI is InChI=1S/C25H24N2OS/c1-2-16-14-26-15-22(29-18-8-4-3-5-9-18)24-19-10-6-7-11-20(19)27-23(28)13-17(16)12-21(26)25(24)27/h2-11,17,21-22H,12-15H2,1H3/b16-2-/t17-,21+,22?/m1/s1. The number of fused-ring (bicyclic) bond motifs is 4. The van der Waals surface area contributed by atoms with Crippen LogP contribution in [0.25, 0.3) is 10.9 Å². The van der Waals surface area contributed by atoms with Gasteiger partial charge >= 0.3 is 0 Å². The molecule has 0 N–H and O–H groups in total. The van der Waals surface area contributed by atoms with E-state index in [2.05, 4.69) is 77.1 Å². The second kappa shape index (κ2) is 6.61. The van der Waals surface area contributed by atoms with Gasteiger partial charge in [-0.2, -0.15) is 0 Å². The van der Waals surface area contributed by atoms with Crippen LogP contribution in [0.4, 0.5) is 0 Å².